The van der Waals surface area contributed by atoms with Gasteiger partial charge in [-0.2, -0.15) is 0 Å². The van der Waals surface area contributed by atoms with E-state index in [2.05, 4.69) is 164 Å². The lowest BCUT2D eigenvalue weighted by molar-refractivity contribution is 1.18. The van der Waals surface area contributed by atoms with E-state index < -0.39 is 0 Å². The summed E-state index contributed by atoms with van der Waals surface area (Å²) in [6, 6.07) is 49.1. The number of hydrogen-bond donors (Lipinski definition) is 0. The Morgan fingerprint density at radius 2 is 0.976 bits per heavy atom. The Hall–Kier alpha value is -5.08. The van der Waals surface area contributed by atoms with E-state index >= 15 is 0 Å². The summed E-state index contributed by atoms with van der Waals surface area (Å²) in [4.78, 5) is 0. The maximum atomic E-state index is 2.36. The summed E-state index contributed by atoms with van der Waals surface area (Å²) >= 11 is 0. The van der Waals surface area contributed by atoms with Crippen LogP contribution in [0.4, 0.5) is 0 Å². The summed E-state index contributed by atoms with van der Waals surface area (Å²) in [6.07, 6.45) is 4.42. The zero-order valence-electron chi connectivity index (χ0n) is 23.9. The average Bonchev–Trinajstić information content (AvgIpc) is 3.53. The molecule has 0 aliphatic carbocycles. The zero-order chi connectivity index (χ0) is 28.2. The monoisotopic (exact) mass is 535 g/mol. The van der Waals surface area contributed by atoms with E-state index in [-0.39, 0.29) is 6.71 Å². The van der Waals surface area contributed by atoms with Gasteiger partial charge in [-0.15, -0.1) is 0 Å². The molecule has 1 aliphatic heterocycles. The van der Waals surface area contributed by atoms with Gasteiger partial charge in [-0.05, 0) is 60.4 Å². The molecule has 0 amide bonds. The number of aryl methyl sites for hydroxylation is 2. The van der Waals surface area contributed by atoms with Crippen molar-refractivity contribution in [3.05, 3.63) is 156 Å². The predicted molar refractivity (Wildman–Crippen MR) is 182 cm³/mol. The highest BCUT2D eigenvalue weighted by atomic mass is 15.0. The Balaban J connectivity index is 1.07. The van der Waals surface area contributed by atoms with E-state index in [4.69, 9.17) is 0 Å². The molecule has 0 spiro atoms. The second-order valence-electron chi connectivity index (χ2n) is 11.6. The predicted octanol–water partition coefficient (Wildman–Crippen LogP) is 8.07. The molecule has 1 nitrogen and oxygen atoms in total. The van der Waals surface area contributed by atoms with Crippen molar-refractivity contribution in [3.63, 3.8) is 0 Å². The molecule has 198 valence electrons. The molecule has 0 bridgehead atoms. The van der Waals surface area contributed by atoms with Gasteiger partial charge in [0.1, 0.15) is 0 Å². The van der Waals surface area contributed by atoms with Crippen LogP contribution in [0.15, 0.2) is 133 Å². The highest BCUT2D eigenvalue weighted by Gasteiger charge is 2.33. The summed E-state index contributed by atoms with van der Waals surface area (Å²) in [5.41, 5.74) is 15.6. The summed E-state index contributed by atoms with van der Waals surface area (Å²) < 4.78 is 2.36. The fourth-order valence-electron chi connectivity index (χ4n) is 6.76. The molecule has 42 heavy (non-hydrogen) atoms. The number of para-hydroxylation sites is 2. The molecule has 0 saturated carbocycles. The molecule has 0 unspecified atom stereocenters. The van der Waals surface area contributed by atoms with Crippen molar-refractivity contribution in [2.45, 2.75) is 13.8 Å². The van der Waals surface area contributed by atoms with Gasteiger partial charge in [0, 0.05) is 16.5 Å². The third-order valence-electron chi connectivity index (χ3n) is 8.80. The van der Waals surface area contributed by atoms with Crippen LogP contribution < -0.4 is 16.4 Å². The van der Waals surface area contributed by atoms with Crippen LogP contribution >= 0.6 is 0 Å². The van der Waals surface area contributed by atoms with Crippen molar-refractivity contribution in [3.8, 4) is 16.8 Å². The molecular formula is C40H30BN. The highest BCUT2D eigenvalue weighted by molar-refractivity contribution is 6.99. The first kappa shape index (κ1) is 24.7. The first-order valence-corrected chi connectivity index (χ1v) is 14.7. The molecule has 0 fully saturated rings. The lowest BCUT2D eigenvalue weighted by Gasteiger charge is -2.11. The van der Waals surface area contributed by atoms with E-state index in [1.54, 1.807) is 0 Å². The Kier molecular flexibility index (Phi) is 5.75. The third kappa shape index (κ3) is 4.03. The minimum atomic E-state index is 0.280. The van der Waals surface area contributed by atoms with E-state index in [1.807, 2.05) is 0 Å². The van der Waals surface area contributed by atoms with Crippen LogP contribution in [0.25, 0.3) is 50.8 Å². The number of benzene rings is 6. The SMILES string of the molecule is Cc1ccc2c(c1)-c1cc(C)ccc1B2c1ccc(C=Cc2ccc(-n3c4ccccc4c4ccccc43)cc2)cc1. The molecule has 0 radical (unpaired) electrons. The average molecular weight is 535 g/mol. The van der Waals surface area contributed by atoms with Crippen LogP contribution in [-0.2, 0) is 0 Å². The zero-order valence-corrected chi connectivity index (χ0v) is 23.9. The van der Waals surface area contributed by atoms with Crippen molar-refractivity contribution < 1.29 is 0 Å². The Morgan fingerprint density at radius 3 is 1.50 bits per heavy atom. The van der Waals surface area contributed by atoms with Crippen LogP contribution in [0, 0.1) is 13.8 Å². The van der Waals surface area contributed by atoms with Crippen molar-refractivity contribution in [2.24, 2.45) is 0 Å². The fraction of sp³-hybridized carbons (Fsp3) is 0.0500. The number of hydrogen-bond acceptors (Lipinski definition) is 0. The molecule has 8 rings (SSSR count). The third-order valence-corrected chi connectivity index (χ3v) is 8.80. The van der Waals surface area contributed by atoms with Crippen molar-refractivity contribution in [2.75, 3.05) is 0 Å². The lowest BCUT2D eigenvalue weighted by atomic mass is 9.39. The number of nitrogens with zero attached hydrogens (tertiary/aromatic N) is 1. The Bertz CT molecular complexity index is 2040. The minimum absolute atomic E-state index is 0.280. The van der Waals surface area contributed by atoms with Crippen LogP contribution in [-0.4, -0.2) is 11.3 Å². The molecule has 1 aliphatic rings. The molecule has 0 saturated heterocycles. The van der Waals surface area contributed by atoms with Gasteiger partial charge in [-0.25, -0.2) is 0 Å². The normalized spacial score (nSPS) is 12.4. The number of aromatic nitrogens is 1. The Labute approximate surface area is 247 Å². The summed E-state index contributed by atoms with van der Waals surface area (Å²) in [5, 5.41) is 2.57. The molecule has 0 atom stereocenters. The quantitative estimate of drug-likeness (QED) is 0.159. The maximum absolute atomic E-state index is 2.36. The van der Waals surface area contributed by atoms with Gasteiger partial charge >= 0.3 is 0 Å². The molecule has 1 aromatic heterocycles. The first-order chi connectivity index (χ1) is 20.6. The minimum Gasteiger partial charge on any atom is -0.309 e. The first-order valence-electron chi connectivity index (χ1n) is 14.7. The van der Waals surface area contributed by atoms with Crippen molar-refractivity contribution in [1.29, 1.82) is 0 Å². The molecule has 2 heteroatoms. The number of fused-ring (bicyclic) bond motifs is 6. The van der Waals surface area contributed by atoms with Crippen molar-refractivity contribution >= 4 is 57.1 Å². The van der Waals surface area contributed by atoms with Crippen molar-refractivity contribution in [1.82, 2.24) is 4.57 Å². The molecule has 7 aromatic rings. The van der Waals surface area contributed by atoms with E-state index in [0.717, 1.165) is 0 Å². The lowest BCUT2D eigenvalue weighted by Crippen LogP contribution is -2.48. The van der Waals surface area contributed by atoms with Gasteiger partial charge in [0.15, 0.2) is 0 Å². The van der Waals surface area contributed by atoms with Gasteiger partial charge < -0.3 is 4.57 Å². The van der Waals surface area contributed by atoms with E-state index in [1.165, 1.54) is 77.3 Å². The van der Waals surface area contributed by atoms with Crippen LogP contribution in [0.2, 0.25) is 0 Å². The molecule has 2 heterocycles. The topological polar surface area (TPSA) is 4.93 Å². The van der Waals surface area contributed by atoms with Gasteiger partial charge in [-0.3, -0.25) is 0 Å². The number of rotatable bonds is 4. The summed E-state index contributed by atoms with van der Waals surface area (Å²) in [6.45, 7) is 4.65. The summed E-state index contributed by atoms with van der Waals surface area (Å²) in [7, 11) is 0. The molecule has 0 N–H and O–H groups in total. The van der Waals surface area contributed by atoms with Gasteiger partial charge in [0.05, 0.1) is 11.0 Å². The smallest absolute Gasteiger partial charge is 0.242 e. The standard InChI is InChI=1S/C40H30BN/c1-27-11-23-37-35(25-27)36-26-28(2)12-24-38(36)41(37)31-19-15-29(16-20-31)13-14-30-17-21-32(22-18-30)42-39-9-5-3-7-33(39)34-8-4-6-10-40(34)42/h3-26H,1-2H3. The van der Waals surface area contributed by atoms with Gasteiger partial charge in [-0.1, -0.05) is 149 Å². The maximum Gasteiger partial charge on any atom is 0.242 e. The van der Waals surface area contributed by atoms with Crippen LogP contribution in [0.3, 0.4) is 0 Å². The summed E-state index contributed by atoms with van der Waals surface area (Å²) in [5.74, 6) is 0. The van der Waals surface area contributed by atoms with Gasteiger partial charge in [0.2, 0.25) is 6.71 Å². The van der Waals surface area contributed by atoms with E-state index in [9.17, 15) is 0 Å². The second-order valence-corrected chi connectivity index (χ2v) is 11.6. The molecular weight excluding hydrogens is 505 g/mol. The Morgan fingerprint density at radius 1 is 0.500 bits per heavy atom. The van der Waals surface area contributed by atoms with Gasteiger partial charge in [0.25, 0.3) is 0 Å². The van der Waals surface area contributed by atoms with E-state index in [0.29, 0.717) is 0 Å². The molecule has 6 aromatic carbocycles. The van der Waals surface area contributed by atoms with Crippen LogP contribution in [0.5, 0.6) is 0 Å². The second kappa shape index (κ2) is 9.78. The largest absolute Gasteiger partial charge is 0.309 e. The fourth-order valence-corrected chi connectivity index (χ4v) is 6.76. The highest BCUT2D eigenvalue weighted by Crippen LogP contribution is 2.32. The van der Waals surface area contributed by atoms with Crippen LogP contribution in [0.1, 0.15) is 22.3 Å².